The molecule has 2 N–H and O–H groups in total. The van der Waals surface area contributed by atoms with Crippen molar-refractivity contribution < 1.29 is 27.8 Å². The van der Waals surface area contributed by atoms with E-state index in [1.54, 1.807) is 24.3 Å². The van der Waals surface area contributed by atoms with Crippen LogP contribution < -0.4 is 20.2 Å². The van der Waals surface area contributed by atoms with Crippen molar-refractivity contribution in [2.45, 2.75) is 6.61 Å². The molecule has 33 heavy (non-hydrogen) atoms. The fourth-order valence-electron chi connectivity index (χ4n) is 2.64. The normalized spacial score (nSPS) is 10.7. The molecule has 0 fully saturated rings. The molecule has 0 aromatic heterocycles. The van der Waals surface area contributed by atoms with Gasteiger partial charge in [0.1, 0.15) is 18.2 Å². The first-order chi connectivity index (χ1) is 15.9. The van der Waals surface area contributed by atoms with Gasteiger partial charge in [0.05, 0.1) is 18.3 Å². The maximum absolute atomic E-state index is 13.9. The lowest BCUT2D eigenvalue weighted by Crippen LogP contribution is -2.32. The van der Waals surface area contributed by atoms with E-state index in [2.05, 4.69) is 15.8 Å². The largest absolute Gasteiger partial charge is 0.493 e. The van der Waals surface area contributed by atoms with E-state index in [-0.39, 0.29) is 22.9 Å². The number of hydrazone groups is 1. The zero-order valence-electron chi connectivity index (χ0n) is 17.3. The lowest BCUT2D eigenvalue weighted by molar-refractivity contribution is -0.136. The van der Waals surface area contributed by atoms with Gasteiger partial charge in [0, 0.05) is 11.3 Å². The van der Waals surface area contributed by atoms with Gasteiger partial charge in [-0.3, -0.25) is 9.59 Å². The van der Waals surface area contributed by atoms with Gasteiger partial charge in [-0.2, -0.15) is 5.10 Å². The molecule has 7 nitrogen and oxygen atoms in total. The van der Waals surface area contributed by atoms with E-state index in [0.717, 1.165) is 12.1 Å². The summed E-state index contributed by atoms with van der Waals surface area (Å²) >= 11 is 6.00. The van der Waals surface area contributed by atoms with Gasteiger partial charge < -0.3 is 14.8 Å². The summed E-state index contributed by atoms with van der Waals surface area (Å²) in [6, 6.07) is 14.1. The van der Waals surface area contributed by atoms with E-state index in [1.165, 1.54) is 37.6 Å². The van der Waals surface area contributed by atoms with Gasteiger partial charge in [-0.05, 0) is 60.2 Å². The number of benzene rings is 3. The van der Waals surface area contributed by atoms with E-state index >= 15 is 0 Å². The van der Waals surface area contributed by atoms with Gasteiger partial charge in [-0.25, -0.2) is 14.2 Å². The molecule has 3 aromatic carbocycles. The van der Waals surface area contributed by atoms with Crippen molar-refractivity contribution in [3.8, 4) is 11.5 Å². The van der Waals surface area contributed by atoms with Crippen LogP contribution in [0.25, 0.3) is 0 Å². The molecular weight excluding hydrogens is 456 g/mol. The predicted octanol–water partition coefficient (Wildman–Crippen LogP) is 4.29. The molecule has 0 bridgehead atoms. The highest BCUT2D eigenvalue weighted by Gasteiger charge is 2.13. The number of carbonyl (C=O) groups is 2. The minimum Gasteiger partial charge on any atom is -0.493 e. The van der Waals surface area contributed by atoms with E-state index in [9.17, 15) is 18.4 Å². The molecule has 2 amide bonds. The molecule has 10 heteroatoms. The Kier molecular flexibility index (Phi) is 7.93. The summed E-state index contributed by atoms with van der Waals surface area (Å²) < 4.78 is 37.7. The monoisotopic (exact) mass is 473 g/mol. The molecule has 170 valence electrons. The summed E-state index contributed by atoms with van der Waals surface area (Å²) in [5, 5.41) is 6.29. The van der Waals surface area contributed by atoms with E-state index in [4.69, 9.17) is 21.1 Å². The van der Waals surface area contributed by atoms with Crippen LogP contribution in [-0.2, 0) is 16.2 Å². The topological polar surface area (TPSA) is 89.0 Å². The zero-order valence-corrected chi connectivity index (χ0v) is 18.0. The van der Waals surface area contributed by atoms with Crippen molar-refractivity contribution in [3.05, 3.63) is 88.4 Å². The molecule has 3 rings (SSSR count). The van der Waals surface area contributed by atoms with Crippen LogP contribution in [0.15, 0.2) is 65.8 Å². The second-order valence-electron chi connectivity index (χ2n) is 6.56. The van der Waals surface area contributed by atoms with Crippen molar-refractivity contribution in [2.75, 3.05) is 12.4 Å². The Morgan fingerprint density at radius 3 is 2.48 bits per heavy atom. The number of ether oxygens (including phenoxy) is 2. The Hall–Kier alpha value is -3.98. The number of nitrogens with one attached hydrogen (secondary N) is 2. The first-order valence-corrected chi connectivity index (χ1v) is 9.89. The number of nitrogens with zero attached hydrogens (tertiary/aromatic N) is 1. The number of hydrogen-bond acceptors (Lipinski definition) is 5. The van der Waals surface area contributed by atoms with Gasteiger partial charge in [0.2, 0.25) is 0 Å². The minimum atomic E-state index is -1.01. The van der Waals surface area contributed by atoms with Gasteiger partial charge >= 0.3 is 11.8 Å². The molecule has 0 saturated carbocycles. The molecular formula is C23H18ClF2N3O4. The molecule has 0 aliphatic carbocycles. The average Bonchev–Trinajstić information content (AvgIpc) is 2.80. The van der Waals surface area contributed by atoms with Crippen LogP contribution in [0.2, 0.25) is 5.02 Å². The Morgan fingerprint density at radius 1 is 1.03 bits per heavy atom. The van der Waals surface area contributed by atoms with Gasteiger partial charge in [-0.15, -0.1) is 0 Å². The highest BCUT2D eigenvalue weighted by atomic mass is 35.5. The van der Waals surface area contributed by atoms with Crippen LogP contribution in [0.4, 0.5) is 14.5 Å². The van der Waals surface area contributed by atoms with Crippen LogP contribution in [-0.4, -0.2) is 25.1 Å². The third-order valence-electron chi connectivity index (χ3n) is 4.31. The molecule has 0 spiro atoms. The number of carbonyl (C=O) groups excluding carboxylic acids is 2. The van der Waals surface area contributed by atoms with Crippen LogP contribution >= 0.6 is 11.6 Å². The molecule has 0 aliphatic rings. The molecule has 0 unspecified atom stereocenters. The van der Waals surface area contributed by atoms with E-state index < -0.39 is 23.4 Å². The summed E-state index contributed by atoms with van der Waals surface area (Å²) in [4.78, 5) is 23.7. The molecule has 0 radical (unpaired) electrons. The third kappa shape index (κ3) is 6.50. The summed E-state index contributed by atoms with van der Waals surface area (Å²) in [5.74, 6) is -2.24. The first-order valence-electron chi connectivity index (χ1n) is 9.51. The fraction of sp³-hybridized carbons (Fsp3) is 0.0870. The molecule has 0 atom stereocenters. The Morgan fingerprint density at radius 2 is 1.79 bits per heavy atom. The highest BCUT2D eigenvalue weighted by molar-refractivity contribution is 6.39. The maximum Gasteiger partial charge on any atom is 0.329 e. The molecule has 0 heterocycles. The number of hydrogen-bond donors (Lipinski definition) is 2. The van der Waals surface area contributed by atoms with Gasteiger partial charge in [0.25, 0.3) is 0 Å². The van der Waals surface area contributed by atoms with Crippen molar-refractivity contribution in [1.82, 2.24) is 5.43 Å². The number of rotatable bonds is 7. The maximum atomic E-state index is 13.9. The number of methoxy groups -OCH3 is 1. The zero-order chi connectivity index (χ0) is 23.8. The standard InChI is InChI=1S/C23H18ClF2N3O4/c1-32-21-11-14(5-10-20(21)33-13-17-18(24)3-2-4-19(17)26)12-27-29-23(31)22(30)28-16-8-6-15(25)7-9-16/h2-12H,13H2,1H3,(H,28,30)(H,29,31). The van der Waals surface area contributed by atoms with E-state index in [0.29, 0.717) is 17.1 Å². The summed E-state index contributed by atoms with van der Waals surface area (Å²) in [6.07, 6.45) is 1.29. The Bertz CT molecular complexity index is 1170. The molecule has 0 saturated heterocycles. The fourth-order valence-corrected chi connectivity index (χ4v) is 2.86. The van der Waals surface area contributed by atoms with Crippen LogP contribution in [0.3, 0.4) is 0 Å². The SMILES string of the molecule is COc1cc(C=NNC(=O)C(=O)Nc2ccc(F)cc2)ccc1OCc1c(F)cccc1Cl. The number of anilines is 1. The van der Waals surface area contributed by atoms with E-state index in [1.807, 2.05) is 0 Å². The van der Waals surface area contributed by atoms with Crippen molar-refractivity contribution >= 4 is 35.3 Å². The van der Waals surface area contributed by atoms with Crippen LogP contribution in [0.1, 0.15) is 11.1 Å². The van der Waals surface area contributed by atoms with Crippen molar-refractivity contribution in [1.29, 1.82) is 0 Å². The number of amides is 2. The third-order valence-corrected chi connectivity index (χ3v) is 4.66. The lowest BCUT2D eigenvalue weighted by atomic mass is 10.2. The first kappa shape index (κ1) is 23.7. The van der Waals surface area contributed by atoms with Crippen LogP contribution in [0, 0.1) is 11.6 Å². The minimum absolute atomic E-state index is 0.103. The molecule has 0 aliphatic heterocycles. The second kappa shape index (κ2) is 11.1. The smallest absolute Gasteiger partial charge is 0.329 e. The molecule has 3 aromatic rings. The summed E-state index contributed by atoms with van der Waals surface area (Å²) in [5.41, 5.74) is 3.10. The summed E-state index contributed by atoms with van der Waals surface area (Å²) in [6.45, 7) is -0.103. The average molecular weight is 474 g/mol. The second-order valence-corrected chi connectivity index (χ2v) is 6.97. The highest BCUT2D eigenvalue weighted by Crippen LogP contribution is 2.29. The van der Waals surface area contributed by atoms with Gasteiger partial charge in [-0.1, -0.05) is 17.7 Å². The Balaban J connectivity index is 1.59. The van der Waals surface area contributed by atoms with Crippen molar-refractivity contribution in [3.63, 3.8) is 0 Å². The summed E-state index contributed by atoms with van der Waals surface area (Å²) in [7, 11) is 1.43. The quantitative estimate of drug-likeness (QED) is 0.304. The van der Waals surface area contributed by atoms with Crippen LogP contribution in [0.5, 0.6) is 11.5 Å². The number of halogens is 3. The Labute approximate surface area is 193 Å². The van der Waals surface area contributed by atoms with Crippen molar-refractivity contribution in [2.24, 2.45) is 5.10 Å². The lowest BCUT2D eigenvalue weighted by Gasteiger charge is -2.12. The van der Waals surface area contributed by atoms with Gasteiger partial charge in [0.15, 0.2) is 11.5 Å². The predicted molar refractivity (Wildman–Crippen MR) is 120 cm³/mol.